The molecule has 1 aromatic carbocycles. The number of nitrogens with zero attached hydrogens (tertiary/aromatic N) is 5. The zero-order valence-corrected chi connectivity index (χ0v) is 15.8. The van der Waals surface area contributed by atoms with E-state index in [9.17, 15) is 31.1 Å². The minimum atomic E-state index is -5.02. The van der Waals surface area contributed by atoms with Gasteiger partial charge in [0, 0.05) is 36.2 Å². The molecule has 0 aliphatic heterocycles. The van der Waals surface area contributed by atoms with Gasteiger partial charge in [-0.2, -0.15) is 26.3 Å². The van der Waals surface area contributed by atoms with Crippen LogP contribution in [0.2, 0.25) is 0 Å². The van der Waals surface area contributed by atoms with Crippen LogP contribution in [-0.2, 0) is 23.6 Å². The summed E-state index contributed by atoms with van der Waals surface area (Å²) < 4.78 is 79.3. The number of hydrogen-bond acceptors (Lipinski definition) is 6. The second-order valence-corrected chi connectivity index (χ2v) is 6.49. The number of carbonyl (C=O) groups excluding carboxylic acids is 1. The van der Waals surface area contributed by atoms with E-state index in [4.69, 9.17) is 11.5 Å². The van der Waals surface area contributed by atoms with Gasteiger partial charge < -0.3 is 11.5 Å². The van der Waals surface area contributed by atoms with Gasteiger partial charge in [0.2, 0.25) is 11.9 Å². The Morgan fingerprint density at radius 3 is 2.03 bits per heavy atom. The maximum Gasteiger partial charge on any atom is 0.416 e. The molecule has 0 unspecified atom stereocenters. The number of primary amides is 1. The first-order chi connectivity index (χ1) is 14.8. The second-order valence-electron chi connectivity index (χ2n) is 6.49. The third-order valence-corrected chi connectivity index (χ3v) is 4.08. The molecule has 3 rings (SSSR count). The predicted octanol–water partition coefficient (Wildman–Crippen LogP) is 2.92. The Kier molecular flexibility index (Phi) is 5.88. The molecule has 14 heteroatoms. The van der Waals surface area contributed by atoms with Gasteiger partial charge >= 0.3 is 12.4 Å². The quantitative estimate of drug-likeness (QED) is 0.448. The van der Waals surface area contributed by atoms with E-state index in [-0.39, 0.29) is 24.0 Å². The molecule has 168 valence electrons. The molecule has 0 radical (unpaired) electrons. The highest BCUT2D eigenvalue weighted by molar-refractivity contribution is 5.95. The zero-order chi connectivity index (χ0) is 23.7. The average Bonchev–Trinajstić information content (AvgIpc) is 3.16. The fourth-order valence-corrected chi connectivity index (χ4v) is 2.59. The summed E-state index contributed by atoms with van der Waals surface area (Å²) in [6, 6.07) is 0.999. The summed E-state index contributed by atoms with van der Waals surface area (Å²) in [6.07, 6.45) is -5.22. The molecule has 32 heavy (non-hydrogen) atoms. The van der Waals surface area contributed by atoms with Crippen LogP contribution in [0.4, 0.5) is 32.3 Å². The molecule has 0 bridgehead atoms. The topological polar surface area (TPSA) is 126 Å². The van der Waals surface area contributed by atoms with Gasteiger partial charge in [-0.15, -0.1) is 5.10 Å². The molecule has 8 nitrogen and oxygen atoms in total. The molecular weight excluding hydrogens is 444 g/mol. The SMILES string of the molecule is NC(=O)/C(=C/n1cnc(-c2cc(C(F)(F)F)cc(C(F)(F)F)c2)n1)Cc1cnc(N)nc1. The van der Waals surface area contributed by atoms with E-state index < -0.39 is 40.8 Å². The molecule has 0 aliphatic rings. The minimum absolute atomic E-state index is 0.000274. The lowest BCUT2D eigenvalue weighted by Gasteiger charge is -2.13. The molecule has 2 heterocycles. The number of amides is 1. The number of rotatable bonds is 5. The van der Waals surface area contributed by atoms with E-state index in [1.54, 1.807) is 0 Å². The molecule has 0 fully saturated rings. The fourth-order valence-electron chi connectivity index (χ4n) is 2.59. The first-order valence-electron chi connectivity index (χ1n) is 8.61. The number of benzene rings is 1. The number of nitrogen functional groups attached to an aromatic ring is 1. The average molecular weight is 457 g/mol. The summed E-state index contributed by atoms with van der Waals surface area (Å²) in [7, 11) is 0. The maximum absolute atomic E-state index is 13.1. The summed E-state index contributed by atoms with van der Waals surface area (Å²) in [5.74, 6) is -1.26. The van der Waals surface area contributed by atoms with Gasteiger partial charge in [0.1, 0.15) is 6.33 Å². The maximum atomic E-state index is 13.1. The number of hydrogen-bond donors (Lipinski definition) is 2. The predicted molar refractivity (Wildman–Crippen MR) is 99.1 cm³/mol. The Balaban J connectivity index is 1.98. The van der Waals surface area contributed by atoms with Gasteiger partial charge in [-0.05, 0) is 23.8 Å². The Bertz CT molecular complexity index is 1130. The van der Waals surface area contributed by atoms with Crippen molar-refractivity contribution in [3.05, 3.63) is 59.2 Å². The van der Waals surface area contributed by atoms with Gasteiger partial charge in [-0.25, -0.2) is 19.6 Å². The van der Waals surface area contributed by atoms with Gasteiger partial charge in [-0.3, -0.25) is 4.79 Å². The minimum Gasteiger partial charge on any atom is -0.368 e. The fraction of sp³-hybridized carbons (Fsp3) is 0.167. The van der Waals surface area contributed by atoms with Crippen molar-refractivity contribution in [2.75, 3.05) is 5.73 Å². The first kappa shape index (κ1) is 22.7. The van der Waals surface area contributed by atoms with Gasteiger partial charge in [0.05, 0.1) is 11.1 Å². The highest BCUT2D eigenvalue weighted by atomic mass is 19.4. The van der Waals surface area contributed by atoms with Crippen LogP contribution < -0.4 is 11.5 Å². The largest absolute Gasteiger partial charge is 0.416 e. The molecule has 0 saturated heterocycles. The lowest BCUT2D eigenvalue weighted by atomic mass is 10.0. The summed E-state index contributed by atoms with van der Waals surface area (Å²) in [5.41, 5.74) is 7.66. The molecule has 0 saturated carbocycles. The summed E-state index contributed by atoms with van der Waals surface area (Å²) in [4.78, 5) is 23.0. The molecule has 0 aliphatic carbocycles. The lowest BCUT2D eigenvalue weighted by Crippen LogP contribution is -2.16. The van der Waals surface area contributed by atoms with Crippen molar-refractivity contribution < 1.29 is 31.1 Å². The van der Waals surface area contributed by atoms with Crippen LogP contribution in [0.15, 0.2) is 42.5 Å². The van der Waals surface area contributed by atoms with E-state index in [2.05, 4.69) is 20.1 Å². The van der Waals surface area contributed by atoms with Crippen LogP contribution in [0.3, 0.4) is 0 Å². The van der Waals surface area contributed by atoms with Gasteiger partial charge in [-0.1, -0.05) is 0 Å². The molecule has 1 amide bonds. The third kappa shape index (κ3) is 5.39. The molecule has 3 aromatic rings. The van der Waals surface area contributed by atoms with E-state index in [0.29, 0.717) is 17.7 Å². The first-order valence-corrected chi connectivity index (χ1v) is 8.61. The van der Waals surface area contributed by atoms with Crippen molar-refractivity contribution in [2.45, 2.75) is 18.8 Å². The molecule has 4 N–H and O–H groups in total. The molecule has 0 spiro atoms. The number of carbonyl (C=O) groups is 1. The van der Waals surface area contributed by atoms with Crippen molar-refractivity contribution >= 4 is 18.1 Å². The van der Waals surface area contributed by atoms with Crippen molar-refractivity contribution in [1.82, 2.24) is 24.7 Å². The van der Waals surface area contributed by atoms with Crippen molar-refractivity contribution in [1.29, 1.82) is 0 Å². The number of anilines is 1. The summed E-state index contributed by atoms with van der Waals surface area (Å²) >= 11 is 0. The Hall–Kier alpha value is -3.97. The summed E-state index contributed by atoms with van der Waals surface area (Å²) in [5, 5.41) is 3.84. The number of halogens is 6. The van der Waals surface area contributed by atoms with Crippen molar-refractivity contribution in [2.24, 2.45) is 5.73 Å². The standard InChI is InChI=1S/C18H13F6N7O/c19-17(20,21)12-2-10(3-13(4-12)18(22,23)24)15-29-8-31(30-15)7-11(14(25)32)1-9-5-27-16(26)28-6-9/h2-8H,1H2,(H2,25,32)(H2,26,27,28)/b11-7+. The van der Waals surface area contributed by atoms with Crippen LogP contribution in [0.5, 0.6) is 0 Å². The van der Waals surface area contributed by atoms with Gasteiger partial charge in [0.15, 0.2) is 5.82 Å². The Morgan fingerprint density at radius 2 is 1.53 bits per heavy atom. The van der Waals surface area contributed by atoms with Crippen molar-refractivity contribution in [3.63, 3.8) is 0 Å². The van der Waals surface area contributed by atoms with Crippen molar-refractivity contribution in [3.8, 4) is 11.4 Å². The van der Waals surface area contributed by atoms with E-state index in [1.165, 1.54) is 12.4 Å². The molecular formula is C18H13F6N7O. The monoisotopic (exact) mass is 457 g/mol. The van der Waals surface area contributed by atoms with Crippen LogP contribution in [-0.4, -0.2) is 30.6 Å². The second kappa shape index (κ2) is 8.28. The van der Waals surface area contributed by atoms with Crippen LogP contribution in [0.1, 0.15) is 16.7 Å². The zero-order valence-electron chi connectivity index (χ0n) is 15.8. The van der Waals surface area contributed by atoms with Crippen LogP contribution >= 0.6 is 0 Å². The van der Waals surface area contributed by atoms with E-state index in [0.717, 1.165) is 17.2 Å². The van der Waals surface area contributed by atoms with E-state index >= 15 is 0 Å². The molecule has 2 aromatic heterocycles. The normalized spacial score (nSPS) is 12.8. The van der Waals surface area contributed by atoms with Crippen LogP contribution in [0, 0.1) is 0 Å². The third-order valence-electron chi connectivity index (χ3n) is 4.08. The number of nitrogens with two attached hydrogens (primary N) is 2. The Labute approximate surface area is 175 Å². The highest BCUT2D eigenvalue weighted by Crippen LogP contribution is 2.38. The smallest absolute Gasteiger partial charge is 0.368 e. The Morgan fingerprint density at radius 1 is 0.969 bits per heavy atom. The van der Waals surface area contributed by atoms with E-state index in [1.807, 2.05) is 0 Å². The number of aromatic nitrogens is 5. The molecule has 0 atom stereocenters. The lowest BCUT2D eigenvalue weighted by molar-refractivity contribution is -0.143. The summed E-state index contributed by atoms with van der Waals surface area (Å²) in [6.45, 7) is 0. The number of alkyl halides is 6. The highest BCUT2D eigenvalue weighted by Gasteiger charge is 2.37. The van der Waals surface area contributed by atoms with Crippen LogP contribution in [0.25, 0.3) is 17.6 Å². The van der Waals surface area contributed by atoms with Gasteiger partial charge in [0.25, 0.3) is 0 Å².